The van der Waals surface area contributed by atoms with E-state index in [1.807, 2.05) is 6.20 Å². The van der Waals surface area contributed by atoms with Gasteiger partial charge < -0.3 is 10.6 Å². The van der Waals surface area contributed by atoms with Gasteiger partial charge in [-0.05, 0) is 40.3 Å². The van der Waals surface area contributed by atoms with Crippen molar-refractivity contribution in [1.82, 2.24) is 4.98 Å². The van der Waals surface area contributed by atoms with Gasteiger partial charge in [0.2, 0.25) is 0 Å². The molecule has 1 unspecified atom stereocenters. The molecule has 1 aliphatic rings. The Hall–Kier alpha value is -0.770. The van der Waals surface area contributed by atoms with Gasteiger partial charge in [-0.3, -0.25) is 0 Å². The molecule has 0 saturated heterocycles. The number of anilines is 2. The van der Waals surface area contributed by atoms with Crippen molar-refractivity contribution in [2.75, 3.05) is 17.2 Å². The number of nitrogens with one attached hydrogen (secondary N) is 2. The topological polar surface area (TPSA) is 37.0 Å². The first kappa shape index (κ1) is 12.7. The van der Waals surface area contributed by atoms with E-state index in [0.717, 1.165) is 35.4 Å². The maximum absolute atomic E-state index is 4.44. The largest absolute Gasteiger partial charge is 0.382 e. The van der Waals surface area contributed by atoms with E-state index in [2.05, 4.69) is 58.4 Å². The predicted octanol–water partition coefficient (Wildman–Crippen LogP) is 3.88. The molecule has 94 valence electrons. The third-order valence-corrected chi connectivity index (χ3v) is 3.30. The van der Waals surface area contributed by atoms with E-state index >= 15 is 0 Å². The molecule has 0 spiro atoms. The van der Waals surface area contributed by atoms with Crippen LogP contribution in [-0.4, -0.2) is 17.6 Å². The minimum atomic E-state index is 0.345. The van der Waals surface area contributed by atoms with E-state index in [1.54, 1.807) is 0 Å². The normalized spacial score (nSPS) is 19.9. The van der Waals surface area contributed by atoms with Crippen molar-refractivity contribution in [3.63, 3.8) is 0 Å². The van der Waals surface area contributed by atoms with Gasteiger partial charge in [0.25, 0.3) is 0 Å². The molecule has 2 rings (SSSR count). The Balaban J connectivity index is 2.14. The van der Waals surface area contributed by atoms with E-state index in [4.69, 9.17) is 0 Å². The second kappa shape index (κ2) is 4.84. The third-order valence-electron chi connectivity index (χ3n) is 2.86. The standard InChI is InChI=1S/C13H20BrN3/c1-13(2,3)7-10-4-5-15-11-6-9(14)8-16-12(11)17-10/h6,8,10,15H,4-5,7H2,1-3H3,(H,16,17). The zero-order valence-corrected chi connectivity index (χ0v) is 12.3. The van der Waals surface area contributed by atoms with Gasteiger partial charge in [-0.1, -0.05) is 20.8 Å². The van der Waals surface area contributed by atoms with Gasteiger partial charge in [0.05, 0.1) is 5.69 Å². The molecule has 2 heterocycles. The quantitative estimate of drug-likeness (QED) is 0.826. The molecule has 0 bridgehead atoms. The Bertz CT molecular complexity index is 398. The summed E-state index contributed by atoms with van der Waals surface area (Å²) in [5.41, 5.74) is 1.44. The number of hydrogen-bond acceptors (Lipinski definition) is 3. The van der Waals surface area contributed by atoms with E-state index < -0.39 is 0 Å². The molecule has 4 heteroatoms. The Labute approximate surface area is 112 Å². The van der Waals surface area contributed by atoms with Gasteiger partial charge in [0.1, 0.15) is 5.82 Å². The van der Waals surface area contributed by atoms with Crippen molar-refractivity contribution >= 4 is 27.4 Å². The second-order valence-electron chi connectivity index (χ2n) is 5.87. The van der Waals surface area contributed by atoms with Crippen LogP contribution in [0.1, 0.15) is 33.6 Å². The van der Waals surface area contributed by atoms with Crippen LogP contribution in [0.15, 0.2) is 16.7 Å². The Morgan fingerprint density at radius 2 is 2.24 bits per heavy atom. The molecule has 17 heavy (non-hydrogen) atoms. The number of fused-ring (bicyclic) bond motifs is 1. The fraction of sp³-hybridized carbons (Fsp3) is 0.615. The number of hydrogen-bond donors (Lipinski definition) is 2. The minimum Gasteiger partial charge on any atom is -0.382 e. The van der Waals surface area contributed by atoms with Crippen molar-refractivity contribution in [3.05, 3.63) is 16.7 Å². The van der Waals surface area contributed by atoms with Crippen molar-refractivity contribution in [2.45, 2.75) is 39.7 Å². The Morgan fingerprint density at radius 1 is 1.47 bits per heavy atom. The predicted molar refractivity (Wildman–Crippen MR) is 76.5 cm³/mol. The van der Waals surface area contributed by atoms with E-state index in [1.165, 1.54) is 0 Å². The summed E-state index contributed by atoms with van der Waals surface area (Å²) in [6.07, 6.45) is 4.13. The summed E-state index contributed by atoms with van der Waals surface area (Å²) in [6.45, 7) is 7.84. The average Bonchev–Trinajstić information content (AvgIpc) is 2.36. The van der Waals surface area contributed by atoms with Gasteiger partial charge >= 0.3 is 0 Å². The van der Waals surface area contributed by atoms with Crippen molar-refractivity contribution in [3.8, 4) is 0 Å². The van der Waals surface area contributed by atoms with Gasteiger partial charge in [-0.2, -0.15) is 0 Å². The first-order valence-electron chi connectivity index (χ1n) is 6.10. The van der Waals surface area contributed by atoms with Crippen LogP contribution in [-0.2, 0) is 0 Å². The zero-order valence-electron chi connectivity index (χ0n) is 10.7. The SMILES string of the molecule is CC(C)(C)CC1CCNc2cc(Br)cnc2N1. The maximum atomic E-state index is 4.44. The maximum Gasteiger partial charge on any atom is 0.149 e. The molecule has 0 radical (unpaired) electrons. The first-order valence-corrected chi connectivity index (χ1v) is 6.89. The highest BCUT2D eigenvalue weighted by molar-refractivity contribution is 9.10. The van der Waals surface area contributed by atoms with Gasteiger partial charge in [0.15, 0.2) is 0 Å². The first-order chi connectivity index (χ1) is 7.94. The van der Waals surface area contributed by atoms with Crippen LogP contribution < -0.4 is 10.6 Å². The highest BCUT2D eigenvalue weighted by atomic mass is 79.9. The third kappa shape index (κ3) is 3.60. The van der Waals surface area contributed by atoms with Crippen molar-refractivity contribution < 1.29 is 0 Å². The van der Waals surface area contributed by atoms with Crippen LogP contribution in [0.3, 0.4) is 0 Å². The number of pyridine rings is 1. The lowest BCUT2D eigenvalue weighted by Gasteiger charge is -2.25. The van der Waals surface area contributed by atoms with Crippen LogP contribution in [0.2, 0.25) is 0 Å². The Morgan fingerprint density at radius 3 is 2.94 bits per heavy atom. The molecule has 2 N–H and O–H groups in total. The van der Waals surface area contributed by atoms with Crippen LogP contribution >= 0.6 is 15.9 Å². The molecule has 0 aromatic carbocycles. The highest BCUT2D eigenvalue weighted by Crippen LogP contribution is 2.30. The second-order valence-corrected chi connectivity index (χ2v) is 6.79. The lowest BCUT2D eigenvalue weighted by atomic mass is 9.87. The van der Waals surface area contributed by atoms with Crippen LogP contribution in [0.5, 0.6) is 0 Å². The van der Waals surface area contributed by atoms with Gasteiger partial charge in [0, 0.05) is 23.3 Å². The molecule has 3 nitrogen and oxygen atoms in total. The van der Waals surface area contributed by atoms with Crippen molar-refractivity contribution in [1.29, 1.82) is 0 Å². The fourth-order valence-electron chi connectivity index (χ4n) is 2.23. The number of nitrogens with zero attached hydrogens (tertiary/aromatic N) is 1. The van der Waals surface area contributed by atoms with Gasteiger partial charge in [-0.25, -0.2) is 4.98 Å². The number of aromatic nitrogens is 1. The average molecular weight is 298 g/mol. The fourth-order valence-corrected chi connectivity index (χ4v) is 2.56. The molecule has 1 aromatic rings. The van der Waals surface area contributed by atoms with E-state index in [0.29, 0.717) is 11.5 Å². The van der Waals surface area contributed by atoms with E-state index in [9.17, 15) is 0 Å². The van der Waals surface area contributed by atoms with E-state index in [-0.39, 0.29) is 0 Å². The Kier molecular flexibility index (Phi) is 3.61. The molecular formula is C13H20BrN3. The van der Waals surface area contributed by atoms with Crippen molar-refractivity contribution in [2.24, 2.45) is 5.41 Å². The lowest BCUT2D eigenvalue weighted by molar-refractivity contribution is 0.345. The molecule has 1 aliphatic heterocycles. The van der Waals surface area contributed by atoms with Crippen LogP contribution in [0, 0.1) is 5.41 Å². The minimum absolute atomic E-state index is 0.345. The summed E-state index contributed by atoms with van der Waals surface area (Å²) in [6, 6.07) is 2.58. The summed E-state index contributed by atoms with van der Waals surface area (Å²) in [5.74, 6) is 0.972. The summed E-state index contributed by atoms with van der Waals surface area (Å²) < 4.78 is 1.01. The lowest BCUT2D eigenvalue weighted by Crippen LogP contribution is -2.26. The molecule has 1 atom stereocenters. The van der Waals surface area contributed by atoms with Gasteiger partial charge in [-0.15, -0.1) is 0 Å². The van der Waals surface area contributed by atoms with Crippen LogP contribution in [0.4, 0.5) is 11.5 Å². The summed E-state index contributed by atoms with van der Waals surface area (Å²) >= 11 is 3.45. The zero-order chi connectivity index (χ0) is 12.5. The summed E-state index contributed by atoms with van der Waals surface area (Å²) in [4.78, 5) is 4.44. The molecular weight excluding hydrogens is 278 g/mol. The molecule has 0 amide bonds. The molecule has 0 aliphatic carbocycles. The molecule has 1 aromatic heterocycles. The molecule has 0 saturated carbocycles. The monoisotopic (exact) mass is 297 g/mol. The molecule has 0 fully saturated rings. The summed E-state index contributed by atoms with van der Waals surface area (Å²) in [5, 5.41) is 6.98. The van der Waals surface area contributed by atoms with Crippen LogP contribution in [0.25, 0.3) is 0 Å². The number of halogens is 1. The summed E-state index contributed by atoms with van der Waals surface area (Å²) in [7, 11) is 0. The smallest absolute Gasteiger partial charge is 0.149 e. The highest BCUT2D eigenvalue weighted by Gasteiger charge is 2.22. The number of rotatable bonds is 1.